The summed E-state index contributed by atoms with van der Waals surface area (Å²) < 4.78 is 48.7. The first-order valence-electron chi connectivity index (χ1n) is 2.78. The molecule has 1 atom stereocenters. The molecular weight excluding hydrogens is 228 g/mol. The summed E-state index contributed by atoms with van der Waals surface area (Å²) in [5, 5.41) is 0. The molecular formula is C4H8ClO5S2. The molecule has 0 aliphatic heterocycles. The third kappa shape index (κ3) is 3.26. The molecule has 0 saturated heterocycles. The van der Waals surface area contributed by atoms with Crippen LogP contribution in [0, 0.1) is 6.92 Å². The predicted octanol–water partition coefficient (Wildman–Crippen LogP) is -0.312. The zero-order valence-corrected chi connectivity index (χ0v) is 8.36. The highest BCUT2D eigenvalue weighted by Crippen LogP contribution is 2.08. The average molecular weight is 236 g/mol. The zero-order valence-electron chi connectivity index (χ0n) is 5.97. The summed E-state index contributed by atoms with van der Waals surface area (Å²) >= 11 is 5.10. The topological polar surface area (TPSA) is 88.5 Å². The van der Waals surface area contributed by atoms with E-state index in [1.54, 1.807) is 0 Å². The van der Waals surface area contributed by atoms with Crippen LogP contribution in [0.4, 0.5) is 0 Å². The Morgan fingerprint density at radius 1 is 1.33 bits per heavy atom. The molecule has 0 aromatic heterocycles. The molecule has 0 fully saturated rings. The lowest BCUT2D eigenvalue weighted by atomic mass is 10.9. The summed E-state index contributed by atoms with van der Waals surface area (Å²) in [6, 6.07) is 0. The van der Waals surface area contributed by atoms with Crippen LogP contribution in [0.5, 0.6) is 0 Å². The molecule has 0 bridgehead atoms. The fourth-order valence-corrected chi connectivity index (χ4v) is 3.32. The predicted molar refractivity (Wildman–Crippen MR) is 45.2 cm³/mol. The first-order valence-corrected chi connectivity index (χ1v) is 6.54. The van der Waals surface area contributed by atoms with E-state index in [4.69, 9.17) is 16.2 Å². The van der Waals surface area contributed by atoms with E-state index in [1.807, 2.05) is 0 Å². The molecule has 73 valence electrons. The van der Waals surface area contributed by atoms with Crippen LogP contribution in [0.3, 0.4) is 0 Å². The van der Waals surface area contributed by atoms with E-state index >= 15 is 0 Å². The summed E-state index contributed by atoms with van der Waals surface area (Å²) in [7, 11) is -8.59. The Bertz CT molecular complexity index is 328. The highest BCUT2D eigenvalue weighted by Gasteiger charge is 2.31. The lowest BCUT2D eigenvalue weighted by Gasteiger charge is -2.07. The fourth-order valence-electron chi connectivity index (χ4n) is 0.424. The Balaban J connectivity index is 4.84. The van der Waals surface area contributed by atoms with Crippen molar-refractivity contribution in [3.05, 3.63) is 6.92 Å². The molecule has 1 N–H and O–H groups in total. The van der Waals surface area contributed by atoms with Crippen LogP contribution >= 0.6 is 11.6 Å². The number of rotatable bonds is 4. The minimum atomic E-state index is -4.64. The van der Waals surface area contributed by atoms with Gasteiger partial charge in [-0.25, -0.2) is 8.42 Å². The molecule has 0 amide bonds. The van der Waals surface area contributed by atoms with Crippen molar-refractivity contribution in [2.24, 2.45) is 0 Å². The fraction of sp³-hybridized carbons (Fsp3) is 0.750. The SMILES string of the molecule is [CH2]C(S(=O)(=O)O)S(=O)(=O)CCCl. The third-order valence-electron chi connectivity index (χ3n) is 1.09. The zero-order chi connectivity index (χ0) is 9.99. The molecule has 0 rings (SSSR count). The maximum Gasteiger partial charge on any atom is 0.282 e. The van der Waals surface area contributed by atoms with E-state index < -0.39 is 30.3 Å². The van der Waals surface area contributed by atoms with Gasteiger partial charge in [0.1, 0.15) is 0 Å². The summed E-state index contributed by atoms with van der Waals surface area (Å²) in [5.41, 5.74) is 0. The summed E-state index contributed by atoms with van der Waals surface area (Å²) in [6.45, 7) is 2.82. The third-order valence-corrected chi connectivity index (χ3v) is 5.36. The lowest BCUT2D eigenvalue weighted by Crippen LogP contribution is -2.29. The van der Waals surface area contributed by atoms with Crippen molar-refractivity contribution in [3.8, 4) is 0 Å². The van der Waals surface area contributed by atoms with Gasteiger partial charge >= 0.3 is 0 Å². The van der Waals surface area contributed by atoms with Gasteiger partial charge in [0.05, 0.1) is 5.75 Å². The monoisotopic (exact) mass is 235 g/mol. The van der Waals surface area contributed by atoms with E-state index in [0.717, 1.165) is 0 Å². The quantitative estimate of drug-likeness (QED) is 0.533. The molecule has 0 aromatic carbocycles. The van der Waals surface area contributed by atoms with Crippen molar-refractivity contribution in [3.63, 3.8) is 0 Å². The van der Waals surface area contributed by atoms with Crippen molar-refractivity contribution in [1.82, 2.24) is 0 Å². The maximum absolute atomic E-state index is 10.9. The molecule has 1 radical (unpaired) electrons. The van der Waals surface area contributed by atoms with Gasteiger partial charge in [0.25, 0.3) is 10.1 Å². The second-order valence-electron chi connectivity index (χ2n) is 2.00. The van der Waals surface area contributed by atoms with Crippen LogP contribution in [0.15, 0.2) is 0 Å². The van der Waals surface area contributed by atoms with Crippen LogP contribution in [0.25, 0.3) is 0 Å². The highest BCUT2D eigenvalue weighted by molar-refractivity contribution is 8.06. The number of sulfone groups is 1. The molecule has 0 heterocycles. The molecule has 0 aliphatic rings. The van der Waals surface area contributed by atoms with Crippen molar-refractivity contribution in [1.29, 1.82) is 0 Å². The van der Waals surface area contributed by atoms with E-state index in [1.165, 1.54) is 0 Å². The van der Waals surface area contributed by atoms with Gasteiger partial charge in [0.15, 0.2) is 14.4 Å². The minimum absolute atomic E-state index is 0.232. The van der Waals surface area contributed by atoms with Crippen molar-refractivity contribution in [2.45, 2.75) is 4.58 Å². The maximum atomic E-state index is 10.9. The Labute approximate surface area is 76.4 Å². The van der Waals surface area contributed by atoms with Crippen molar-refractivity contribution < 1.29 is 21.4 Å². The van der Waals surface area contributed by atoms with Crippen LogP contribution in [-0.4, -0.2) is 37.6 Å². The first kappa shape index (κ1) is 12.2. The van der Waals surface area contributed by atoms with Crippen LogP contribution < -0.4 is 0 Å². The highest BCUT2D eigenvalue weighted by atomic mass is 35.5. The standard InChI is InChI=1S/C4H8ClO5S2/c1-4(12(8,9)10)11(6,7)3-2-5/h4H,1-3H2,(H,8,9,10). The molecule has 0 spiro atoms. The molecule has 0 aromatic rings. The lowest BCUT2D eigenvalue weighted by molar-refractivity contribution is 0.481. The number of halogens is 1. The van der Waals surface area contributed by atoms with Gasteiger partial charge in [0.2, 0.25) is 0 Å². The number of alkyl halides is 1. The van der Waals surface area contributed by atoms with Gasteiger partial charge in [-0.15, -0.1) is 11.6 Å². The van der Waals surface area contributed by atoms with Crippen molar-refractivity contribution >= 4 is 31.6 Å². The molecule has 8 heteroatoms. The Morgan fingerprint density at radius 3 is 2.00 bits per heavy atom. The van der Waals surface area contributed by atoms with Gasteiger partial charge in [0, 0.05) is 5.88 Å². The minimum Gasteiger partial charge on any atom is -0.285 e. The number of hydrogen-bond donors (Lipinski definition) is 1. The summed E-state index contributed by atoms with van der Waals surface area (Å²) in [5.74, 6) is -0.758. The van der Waals surface area contributed by atoms with Crippen LogP contribution in [0.1, 0.15) is 0 Å². The second kappa shape index (κ2) is 3.91. The van der Waals surface area contributed by atoms with Gasteiger partial charge < -0.3 is 0 Å². The first-order chi connectivity index (χ1) is 5.22. The summed E-state index contributed by atoms with van der Waals surface area (Å²) in [6.07, 6.45) is 0. The molecule has 0 aliphatic carbocycles. The Kier molecular flexibility index (Phi) is 3.95. The van der Waals surface area contributed by atoms with E-state index in [9.17, 15) is 16.8 Å². The normalized spacial score (nSPS) is 15.9. The van der Waals surface area contributed by atoms with Gasteiger partial charge in [-0.05, 0) is 6.92 Å². The Morgan fingerprint density at radius 2 is 1.75 bits per heavy atom. The second-order valence-corrected chi connectivity index (χ2v) is 6.58. The van der Waals surface area contributed by atoms with Gasteiger partial charge in [-0.2, -0.15) is 8.42 Å². The molecule has 5 nitrogen and oxygen atoms in total. The van der Waals surface area contributed by atoms with Crippen LogP contribution in [-0.2, 0) is 20.0 Å². The molecule has 1 unspecified atom stereocenters. The molecule has 0 saturated carbocycles. The smallest absolute Gasteiger partial charge is 0.282 e. The van der Waals surface area contributed by atoms with Crippen LogP contribution in [0.2, 0.25) is 0 Å². The van der Waals surface area contributed by atoms with Gasteiger partial charge in [-0.3, -0.25) is 4.55 Å². The van der Waals surface area contributed by atoms with E-state index in [2.05, 4.69) is 6.92 Å². The summed E-state index contributed by atoms with van der Waals surface area (Å²) in [4.78, 5) is 0. The van der Waals surface area contributed by atoms with E-state index in [-0.39, 0.29) is 5.88 Å². The van der Waals surface area contributed by atoms with Gasteiger partial charge in [-0.1, -0.05) is 0 Å². The van der Waals surface area contributed by atoms with Crippen molar-refractivity contribution in [2.75, 3.05) is 11.6 Å². The largest absolute Gasteiger partial charge is 0.285 e. The Hall–Kier alpha value is 0.150. The number of hydrogen-bond acceptors (Lipinski definition) is 4. The average Bonchev–Trinajstić information content (AvgIpc) is 1.84. The van der Waals surface area contributed by atoms with E-state index in [0.29, 0.717) is 0 Å². The molecule has 12 heavy (non-hydrogen) atoms.